The van der Waals surface area contributed by atoms with Gasteiger partial charge in [-0.3, -0.25) is 4.79 Å². The molecule has 2 aliphatic rings. The van der Waals surface area contributed by atoms with Crippen LogP contribution in [0.25, 0.3) is 0 Å². The third kappa shape index (κ3) is 4.15. The number of hydrogen-bond donors (Lipinski definition) is 0. The van der Waals surface area contributed by atoms with E-state index in [1.807, 2.05) is 24.3 Å². The minimum Gasteiger partial charge on any atom is -0.497 e. The summed E-state index contributed by atoms with van der Waals surface area (Å²) in [5.41, 5.74) is 1.49. The summed E-state index contributed by atoms with van der Waals surface area (Å²) in [7, 11) is -1.89. The lowest BCUT2D eigenvalue weighted by Gasteiger charge is -2.36. The number of methoxy groups -OCH3 is 1. The van der Waals surface area contributed by atoms with Crippen LogP contribution in [0, 0.1) is 0 Å². The summed E-state index contributed by atoms with van der Waals surface area (Å²) >= 11 is 0. The molecule has 1 amide bonds. The van der Waals surface area contributed by atoms with Gasteiger partial charge in [0.25, 0.3) is 5.91 Å². The van der Waals surface area contributed by atoms with Crippen molar-refractivity contribution < 1.29 is 17.9 Å². The zero-order valence-corrected chi connectivity index (χ0v) is 18.0. The largest absolute Gasteiger partial charge is 0.497 e. The fourth-order valence-corrected chi connectivity index (χ4v) is 5.59. The van der Waals surface area contributed by atoms with Gasteiger partial charge in [-0.15, -0.1) is 0 Å². The zero-order valence-electron chi connectivity index (χ0n) is 17.2. The standard InChI is InChI=1S/C22H27N3O4S/c1-29-20-8-5-7-19(17-20)23-12-14-24(15-13-23)22(26)18-6-4-9-21(16-18)30(27,28)25-10-2-3-11-25/h4-9,16-17H,2-3,10-15H2,1H3. The minimum absolute atomic E-state index is 0.126. The van der Waals surface area contributed by atoms with Gasteiger partial charge in [-0.05, 0) is 43.2 Å². The molecule has 0 aliphatic carbocycles. The van der Waals surface area contributed by atoms with Crippen molar-refractivity contribution in [3.8, 4) is 5.75 Å². The van der Waals surface area contributed by atoms with Crippen LogP contribution >= 0.6 is 0 Å². The molecule has 8 heteroatoms. The van der Waals surface area contributed by atoms with Crippen LogP contribution < -0.4 is 9.64 Å². The molecule has 2 aliphatic heterocycles. The maximum atomic E-state index is 13.0. The van der Waals surface area contributed by atoms with Crippen LogP contribution in [0.15, 0.2) is 53.4 Å². The maximum absolute atomic E-state index is 13.0. The van der Waals surface area contributed by atoms with Crippen molar-refractivity contribution >= 4 is 21.6 Å². The van der Waals surface area contributed by atoms with E-state index in [0.717, 1.165) is 24.3 Å². The molecule has 160 valence electrons. The summed E-state index contributed by atoms with van der Waals surface area (Å²) in [6, 6.07) is 14.3. The molecular formula is C22H27N3O4S. The Kier molecular flexibility index (Phi) is 5.97. The second kappa shape index (κ2) is 8.65. The third-order valence-electron chi connectivity index (χ3n) is 5.77. The number of benzene rings is 2. The molecule has 2 aromatic rings. The molecule has 2 aromatic carbocycles. The van der Waals surface area contributed by atoms with Gasteiger partial charge < -0.3 is 14.5 Å². The molecule has 2 fully saturated rings. The molecule has 7 nitrogen and oxygen atoms in total. The van der Waals surface area contributed by atoms with Crippen molar-refractivity contribution in [2.75, 3.05) is 51.3 Å². The van der Waals surface area contributed by atoms with E-state index in [2.05, 4.69) is 4.90 Å². The Labute approximate surface area is 177 Å². The Bertz CT molecular complexity index is 1010. The first kappa shape index (κ1) is 20.7. The van der Waals surface area contributed by atoms with Gasteiger partial charge in [-0.25, -0.2) is 8.42 Å². The number of amides is 1. The second-order valence-electron chi connectivity index (χ2n) is 7.62. The molecule has 0 radical (unpaired) electrons. The van der Waals surface area contributed by atoms with Crippen LogP contribution in [0.2, 0.25) is 0 Å². The molecule has 0 saturated carbocycles. The Hall–Kier alpha value is -2.58. The highest BCUT2D eigenvalue weighted by Crippen LogP contribution is 2.24. The molecule has 0 bridgehead atoms. The van der Waals surface area contributed by atoms with Gasteiger partial charge in [0, 0.05) is 56.6 Å². The van der Waals surface area contributed by atoms with Crippen LogP contribution in [-0.4, -0.2) is 69.9 Å². The topological polar surface area (TPSA) is 70.2 Å². The van der Waals surface area contributed by atoms with E-state index in [9.17, 15) is 13.2 Å². The number of sulfonamides is 1. The normalized spacial score (nSPS) is 17.9. The van der Waals surface area contributed by atoms with E-state index in [1.54, 1.807) is 30.2 Å². The van der Waals surface area contributed by atoms with Crippen LogP contribution in [-0.2, 0) is 10.0 Å². The predicted molar refractivity (Wildman–Crippen MR) is 116 cm³/mol. The van der Waals surface area contributed by atoms with E-state index in [1.165, 1.54) is 10.4 Å². The molecule has 30 heavy (non-hydrogen) atoms. The number of anilines is 1. The average Bonchev–Trinajstić information content (AvgIpc) is 3.35. The lowest BCUT2D eigenvalue weighted by atomic mass is 10.1. The first-order chi connectivity index (χ1) is 14.5. The Morgan fingerprint density at radius 1 is 0.900 bits per heavy atom. The van der Waals surface area contributed by atoms with Crippen molar-refractivity contribution in [3.63, 3.8) is 0 Å². The van der Waals surface area contributed by atoms with E-state index in [0.29, 0.717) is 44.8 Å². The minimum atomic E-state index is -3.53. The van der Waals surface area contributed by atoms with E-state index >= 15 is 0 Å². The molecule has 4 rings (SSSR count). The van der Waals surface area contributed by atoms with Gasteiger partial charge in [0.2, 0.25) is 10.0 Å². The molecular weight excluding hydrogens is 402 g/mol. The zero-order chi connectivity index (χ0) is 21.1. The monoisotopic (exact) mass is 429 g/mol. The number of hydrogen-bond acceptors (Lipinski definition) is 5. The Morgan fingerprint density at radius 3 is 2.30 bits per heavy atom. The SMILES string of the molecule is COc1cccc(N2CCN(C(=O)c3cccc(S(=O)(=O)N4CCCC4)c3)CC2)c1. The number of carbonyl (C=O) groups is 1. The molecule has 2 heterocycles. The van der Waals surface area contributed by atoms with Gasteiger partial charge in [0.05, 0.1) is 12.0 Å². The van der Waals surface area contributed by atoms with Gasteiger partial charge in [0.15, 0.2) is 0 Å². The van der Waals surface area contributed by atoms with Crippen molar-refractivity contribution in [3.05, 3.63) is 54.1 Å². The van der Waals surface area contributed by atoms with Crippen LogP contribution in [0.1, 0.15) is 23.2 Å². The summed E-state index contributed by atoms with van der Waals surface area (Å²) in [4.78, 5) is 17.2. The first-order valence-electron chi connectivity index (χ1n) is 10.3. The molecule has 0 N–H and O–H groups in total. The quantitative estimate of drug-likeness (QED) is 0.730. The van der Waals surface area contributed by atoms with Crippen LogP contribution in [0.3, 0.4) is 0 Å². The van der Waals surface area contributed by atoms with E-state index in [4.69, 9.17) is 4.74 Å². The molecule has 0 aromatic heterocycles. The van der Waals surface area contributed by atoms with E-state index in [-0.39, 0.29) is 10.8 Å². The Balaban J connectivity index is 1.44. The summed E-state index contributed by atoms with van der Waals surface area (Å²) in [5, 5.41) is 0. The smallest absolute Gasteiger partial charge is 0.254 e. The van der Waals surface area contributed by atoms with Crippen LogP contribution in [0.5, 0.6) is 5.75 Å². The van der Waals surface area contributed by atoms with Gasteiger partial charge in [0.1, 0.15) is 5.75 Å². The average molecular weight is 430 g/mol. The lowest BCUT2D eigenvalue weighted by molar-refractivity contribution is 0.0746. The number of nitrogens with zero attached hydrogens (tertiary/aromatic N) is 3. The van der Waals surface area contributed by atoms with Crippen molar-refractivity contribution in [2.24, 2.45) is 0 Å². The van der Waals surface area contributed by atoms with Gasteiger partial charge >= 0.3 is 0 Å². The molecule has 0 atom stereocenters. The lowest BCUT2D eigenvalue weighted by Crippen LogP contribution is -2.48. The van der Waals surface area contributed by atoms with Crippen molar-refractivity contribution in [1.82, 2.24) is 9.21 Å². The second-order valence-corrected chi connectivity index (χ2v) is 9.56. The third-order valence-corrected chi connectivity index (χ3v) is 7.66. The maximum Gasteiger partial charge on any atom is 0.254 e. The van der Waals surface area contributed by atoms with Gasteiger partial charge in [-0.2, -0.15) is 4.31 Å². The van der Waals surface area contributed by atoms with Gasteiger partial charge in [-0.1, -0.05) is 12.1 Å². The number of rotatable bonds is 5. The Morgan fingerprint density at radius 2 is 1.60 bits per heavy atom. The van der Waals surface area contributed by atoms with Crippen LogP contribution in [0.4, 0.5) is 5.69 Å². The fourth-order valence-electron chi connectivity index (χ4n) is 4.02. The summed E-state index contributed by atoms with van der Waals surface area (Å²) in [5.74, 6) is 0.681. The highest BCUT2D eigenvalue weighted by molar-refractivity contribution is 7.89. The fraction of sp³-hybridized carbons (Fsp3) is 0.409. The number of ether oxygens (including phenoxy) is 1. The summed E-state index contributed by atoms with van der Waals surface area (Å²) in [6.45, 7) is 3.69. The molecule has 2 saturated heterocycles. The highest BCUT2D eigenvalue weighted by atomic mass is 32.2. The molecule has 0 unspecified atom stereocenters. The molecule has 0 spiro atoms. The summed E-state index contributed by atoms with van der Waals surface area (Å²) < 4.78 is 32.4. The number of piperazine rings is 1. The highest BCUT2D eigenvalue weighted by Gasteiger charge is 2.29. The van der Waals surface area contributed by atoms with E-state index < -0.39 is 10.0 Å². The summed E-state index contributed by atoms with van der Waals surface area (Å²) in [6.07, 6.45) is 1.77. The van der Waals surface area contributed by atoms with Crippen molar-refractivity contribution in [2.45, 2.75) is 17.7 Å². The van der Waals surface area contributed by atoms with Crippen molar-refractivity contribution in [1.29, 1.82) is 0 Å². The first-order valence-corrected chi connectivity index (χ1v) is 11.7. The number of carbonyl (C=O) groups excluding carboxylic acids is 1. The predicted octanol–water partition coefficient (Wildman–Crippen LogP) is 2.44.